The number of hydrogen-bond donors (Lipinski definition) is 7. The summed E-state index contributed by atoms with van der Waals surface area (Å²) in [4.78, 5) is 43.1. The monoisotopic (exact) mass is 486 g/mol. The second kappa shape index (κ2) is 12.7. The van der Waals surface area contributed by atoms with Crippen molar-refractivity contribution in [3.63, 3.8) is 0 Å². The number of anilines is 1. The minimum absolute atomic E-state index is 0. The summed E-state index contributed by atoms with van der Waals surface area (Å²) in [5.74, 6) is -0.0846. The molecular weight excluding hydrogens is 465 g/mol. The Bertz CT molecular complexity index is 820. The van der Waals surface area contributed by atoms with Crippen molar-refractivity contribution in [3.05, 3.63) is 22.7 Å². The van der Waals surface area contributed by atoms with E-state index in [2.05, 4.69) is 13.8 Å². The molecule has 1 aliphatic rings. The summed E-state index contributed by atoms with van der Waals surface area (Å²) in [6.07, 6.45) is -5.00. The average molecular weight is 486 g/mol. The Morgan fingerprint density at radius 3 is 2.33 bits per heavy atom. The van der Waals surface area contributed by atoms with E-state index in [0.717, 1.165) is 10.8 Å². The summed E-state index contributed by atoms with van der Waals surface area (Å²) in [6.45, 7) is -0.431. The van der Waals surface area contributed by atoms with Crippen molar-refractivity contribution in [2.24, 2.45) is 5.73 Å². The van der Waals surface area contributed by atoms with Crippen LogP contribution in [0.25, 0.3) is 0 Å². The maximum Gasteiger partial charge on any atom is 1.00 e. The van der Waals surface area contributed by atoms with Gasteiger partial charge in [-0.1, -0.05) is 0 Å². The number of phosphoric ester groups is 1. The molecule has 30 heavy (non-hydrogen) atoms. The van der Waals surface area contributed by atoms with Crippen LogP contribution in [0.1, 0.15) is 6.23 Å². The molecule has 1 fully saturated rings. The van der Waals surface area contributed by atoms with Crippen molar-refractivity contribution in [2.75, 3.05) is 25.5 Å². The maximum atomic E-state index is 11.7. The van der Waals surface area contributed by atoms with E-state index in [4.69, 9.17) is 31.1 Å². The number of aliphatic hydroxyl groups excluding tert-OH is 3. The number of nitrogens with two attached hydrogens (primary N) is 2. The number of rotatable bonds is 7. The van der Waals surface area contributed by atoms with Gasteiger partial charge in [0.2, 0.25) is 0 Å². The first-order chi connectivity index (χ1) is 13.3. The Labute approximate surface area is 191 Å². The zero-order valence-corrected chi connectivity index (χ0v) is 19.4. The van der Waals surface area contributed by atoms with Crippen LogP contribution in [0.3, 0.4) is 0 Å². The van der Waals surface area contributed by atoms with Gasteiger partial charge < -0.3 is 46.2 Å². The number of phosphoric acid groups is 2. The Morgan fingerprint density at radius 2 is 1.87 bits per heavy atom. The van der Waals surface area contributed by atoms with E-state index in [1.54, 1.807) is 0 Å². The van der Waals surface area contributed by atoms with E-state index < -0.39 is 52.5 Å². The van der Waals surface area contributed by atoms with Crippen LogP contribution >= 0.6 is 15.6 Å². The van der Waals surface area contributed by atoms with Crippen LogP contribution in [0.15, 0.2) is 17.1 Å². The van der Waals surface area contributed by atoms with Crippen molar-refractivity contribution < 1.29 is 82.3 Å². The molecule has 9 N–H and O–H groups in total. The van der Waals surface area contributed by atoms with Crippen LogP contribution in [0.2, 0.25) is 0 Å². The normalized spacial score (nSPS) is 27.2. The van der Waals surface area contributed by atoms with Crippen LogP contribution in [0.5, 0.6) is 0 Å². The van der Waals surface area contributed by atoms with Gasteiger partial charge in [-0.25, -0.2) is 13.7 Å². The summed E-state index contributed by atoms with van der Waals surface area (Å²) >= 11 is 0. The molecule has 0 saturated carbocycles. The van der Waals surface area contributed by atoms with Crippen molar-refractivity contribution in [3.8, 4) is 0 Å². The van der Waals surface area contributed by atoms with E-state index in [1.807, 2.05) is 0 Å². The van der Waals surface area contributed by atoms with Gasteiger partial charge in [0, 0.05) is 12.7 Å². The van der Waals surface area contributed by atoms with Gasteiger partial charge in [-0.15, -0.1) is 0 Å². The number of ether oxygens (including phenoxy) is 1. The molecule has 1 saturated heterocycles. The van der Waals surface area contributed by atoms with Crippen LogP contribution in [-0.4, -0.2) is 72.7 Å². The third-order valence-electron chi connectivity index (χ3n) is 3.20. The summed E-state index contributed by atoms with van der Waals surface area (Å²) < 4.78 is 35.5. The molecule has 0 aromatic carbocycles. The van der Waals surface area contributed by atoms with E-state index in [1.165, 1.54) is 6.07 Å². The third-order valence-corrected chi connectivity index (χ3v) is 5.33. The SMILES string of the molecule is NCCO.Nc1ccn(C2OC(COP(=O)(O)OP(=O)([O-])O)C(O)C2O)c(=O)n1.[Na+]. The van der Waals surface area contributed by atoms with Gasteiger partial charge in [0.1, 0.15) is 24.1 Å². The summed E-state index contributed by atoms with van der Waals surface area (Å²) in [6, 6.07) is 1.23. The van der Waals surface area contributed by atoms with Crippen molar-refractivity contribution in [2.45, 2.75) is 24.5 Å². The summed E-state index contributed by atoms with van der Waals surface area (Å²) in [5.41, 5.74) is 9.21. The Kier molecular flexibility index (Phi) is 12.6. The van der Waals surface area contributed by atoms with Gasteiger partial charge in [0.25, 0.3) is 7.82 Å². The van der Waals surface area contributed by atoms with Crippen molar-refractivity contribution in [1.82, 2.24) is 9.55 Å². The molecule has 2 heterocycles. The molecule has 168 valence electrons. The second-order valence-corrected chi connectivity index (χ2v) is 8.20. The molecule has 19 heteroatoms. The molecule has 6 unspecified atom stereocenters. The van der Waals surface area contributed by atoms with Crippen molar-refractivity contribution in [1.29, 1.82) is 0 Å². The molecule has 0 bridgehead atoms. The largest absolute Gasteiger partial charge is 1.00 e. The minimum Gasteiger partial charge on any atom is -0.756 e. The second-order valence-electron chi connectivity index (χ2n) is 5.42. The van der Waals surface area contributed by atoms with E-state index in [-0.39, 0.29) is 42.0 Å². The van der Waals surface area contributed by atoms with Gasteiger partial charge in [0.15, 0.2) is 6.23 Å². The van der Waals surface area contributed by atoms with Crippen LogP contribution in [0.4, 0.5) is 5.82 Å². The molecule has 1 aromatic rings. The fraction of sp³-hybridized carbons (Fsp3) is 0.636. The Morgan fingerprint density at radius 1 is 1.30 bits per heavy atom. The first kappa shape index (κ1) is 29.7. The fourth-order valence-corrected chi connectivity index (χ4v) is 3.60. The molecule has 1 aliphatic heterocycles. The van der Waals surface area contributed by atoms with Gasteiger partial charge in [0.05, 0.1) is 13.2 Å². The summed E-state index contributed by atoms with van der Waals surface area (Å²) in [5, 5.41) is 27.6. The van der Waals surface area contributed by atoms with E-state index in [0.29, 0.717) is 6.54 Å². The van der Waals surface area contributed by atoms with Crippen LogP contribution in [-0.2, 0) is 22.7 Å². The number of aliphatic hydroxyl groups is 3. The first-order valence-electron chi connectivity index (χ1n) is 7.71. The predicted octanol–water partition coefficient (Wildman–Crippen LogP) is -7.02. The maximum absolute atomic E-state index is 11.7. The summed E-state index contributed by atoms with van der Waals surface area (Å²) in [7, 11) is -10.8. The Hall–Kier alpha value is -0.260. The van der Waals surface area contributed by atoms with Gasteiger partial charge in [-0.2, -0.15) is 4.98 Å². The van der Waals surface area contributed by atoms with E-state index >= 15 is 0 Å². The predicted molar refractivity (Wildman–Crippen MR) is 91.7 cm³/mol. The zero-order valence-electron chi connectivity index (χ0n) is 15.6. The van der Waals surface area contributed by atoms with E-state index in [9.17, 15) is 29.0 Å². The minimum atomic E-state index is -5.55. The molecule has 2 rings (SSSR count). The molecular formula is C11H21N4NaO12P2. The van der Waals surface area contributed by atoms with Gasteiger partial charge >= 0.3 is 43.1 Å². The number of nitrogens with zero attached hydrogens (tertiary/aromatic N) is 2. The fourth-order valence-electron chi connectivity index (χ4n) is 2.04. The smallest absolute Gasteiger partial charge is 0.756 e. The Balaban J connectivity index is 0.00000154. The van der Waals surface area contributed by atoms with Crippen LogP contribution in [0, 0.1) is 0 Å². The number of aromatic nitrogens is 2. The quantitative estimate of drug-likeness (QED) is 0.139. The molecule has 16 nitrogen and oxygen atoms in total. The molecule has 1 aromatic heterocycles. The number of nitrogen functional groups attached to an aromatic ring is 1. The third kappa shape index (κ3) is 9.48. The molecule has 0 radical (unpaired) electrons. The van der Waals surface area contributed by atoms with Gasteiger partial charge in [-0.05, 0) is 6.07 Å². The standard InChI is InChI=1S/C9H15N3O11P2.C2H7NO.Na/c10-5-1-2-12(9(15)11-5)8-7(14)6(13)4(22-8)3-21-25(19,20)23-24(16,17)18;3-1-2-4;/h1-2,4,6-8,13-14H,3H2,(H,19,20)(H2,10,11,15)(H2,16,17,18);4H,1-3H2;/q;;+1/p-1. The number of hydrogen-bond acceptors (Lipinski definition) is 13. The van der Waals surface area contributed by atoms with Crippen molar-refractivity contribution >= 4 is 21.5 Å². The molecule has 0 amide bonds. The topological polar surface area (TPSA) is 273 Å². The zero-order chi connectivity index (χ0) is 22.4. The molecule has 6 atom stereocenters. The average Bonchev–Trinajstić information content (AvgIpc) is 2.86. The van der Waals surface area contributed by atoms with Crippen LogP contribution < -0.4 is 51.6 Å². The van der Waals surface area contributed by atoms with Gasteiger partial charge in [-0.3, -0.25) is 13.7 Å². The molecule has 0 aliphatic carbocycles. The molecule has 0 spiro atoms. The first-order valence-corrected chi connectivity index (χ1v) is 10.7.